The van der Waals surface area contributed by atoms with Crippen LogP contribution in [-0.2, 0) is 0 Å². The first kappa shape index (κ1) is 16.6. The highest BCUT2D eigenvalue weighted by Gasteiger charge is 2.35. The van der Waals surface area contributed by atoms with Crippen LogP contribution in [0.2, 0.25) is 0 Å². The summed E-state index contributed by atoms with van der Waals surface area (Å²) in [6, 6.07) is 3.90. The molecule has 0 aromatic carbocycles. The van der Waals surface area contributed by atoms with E-state index in [1.54, 1.807) is 0 Å². The molecule has 0 spiro atoms. The zero-order valence-corrected chi connectivity index (χ0v) is 15.9. The maximum Gasteiger partial charge on any atom is 0.230 e. The number of furan rings is 1. The van der Waals surface area contributed by atoms with E-state index >= 15 is 0 Å². The van der Waals surface area contributed by atoms with Crippen molar-refractivity contribution in [2.75, 3.05) is 13.1 Å². The number of aromatic nitrogens is 3. The molecule has 4 rings (SSSR count). The van der Waals surface area contributed by atoms with Gasteiger partial charge in [-0.1, -0.05) is 25.2 Å². The van der Waals surface area contributed by atoms with Crippen molar-refractivity contribution in [3.63, 3.8) is 0 Å². The smallest absolute Gasteiger partial charge is 0.230 e. The Hall–Kier alpha value is -1.86. The van der Waals surface area contributed by atoms with Crippen molar-refractivity contribution in [1.29, 1.82) is 0 Å². The van der Waals surface area contributed by atoms with Gasteiger partial charge in [0.2, 0.25) is 10.8 Å². The highest BCUT2D eigenvalue weighted by atomic mass is 32.1. The van der Waals surface area contributed by atoms with Crippen LogP contribution >= 0.6 is 11.3 Å². The average Bonchev–Trinajstić information content (AvgIpc) is 3.17. The van der Waals surface area contributed by atoms with E-state index < -0.39 is 0 Å². The maximum atomic E-state index is 10.8. The van der Waals surface area contributed by atoms with E-state index in [4.69, 9.17) is 4.42 Å². The Kier molecular flexibility index (Phi) is 4.08. The van der Waals surface area contributed by atoms with E-state index in [2.05, 4.69) is 28.8 Å². The Morgan fingerprint density at radius 3 is 2.56 bits per heavy atom. The zero-order chi connectivity index (χ0) is 17.7. The Morgan fingerprint density at radius 2 is 1.96 bits per heavy atom. The van der Waals surface area contributed by atoms with Crippen molar-refractivity contribution in [2.45, 2.75) is 40.2 Å². The number of nitrogens with zero attached hydrogens (tertiary/aromatic N) is 4. The summed E-state index contributed by atoms with van der Waals surface area (Å²) in [5, 5.41) is 15.1. The largest absolute Gasteiger partial charge is 0.492 e. The number of aryl methyl sites for hydroxylation is 2. The van der Waals surface area contributed by atoms with E-state index in [0.717, 1.165) is 34.4 Å². The lowest BCUT2D eigenvalue weighted by atomic mass is 9.90. The van der Waals surface area contributed by atoms with Crippen molar-refractivity contribution in [2.24, 2.45) is 11.8 Å². The van der Waals surface area contributed by atoms with Gasteiger partial charge in [-0.2, -0.15) is 4.52 Å². The van der Waals surface area contributed by atoms with Gasteiger partial charge in [0.15, 0.2) is 0 Å². The molecule has 0 aliphatic carbocycles. The van der Waals surface area contributed by atoms with Gasteiger partial charge >= 0.3 is 0 Å². The fourth-order valence-corrected chi connectivity index (χ4v) is 5.17. The number of hydrogen-bond donors (Lipinski definition) is 1. The standard InChI is InChI=1S/C18H24N4O2S/c1-10-7-11(2)9-21(8-10)15(14-6-5-12(3)24-14)16-17(23)22-18(25-16)19-13(4)20-22/h5-6,10-11,15,23H,7-9H2,1-4H3/t10-,11-,15+/m0/s1. The highest BCUT2D eigenvalue weighted by Crippen LogP contribution is 2.42. The number of fused-ring (bicyclic) bond motifs is 1. The molecule has 134 valence electrons. The normalized spacial score (nSPS) is 23.4. The molecule has 3 atom stereocenters. The molecule has 0 amide bonds. The van der Waals surface area contributed by atoms with Crippen molar-refractivity contribution in [3.8, 4) is 5.88 Å². The first-order valence-electron chi connectivity index (χ1n) is 8.77. The molecule has 25 heavy (non-hydrogen) atoms. The van der Waals surface area contributed by atoms with Crippen LogP contribution in [-0.4, -0.2) is 37.7 Å². The summed E-state index contributed by atoms with van der Waals surface area (Å²) in [5.74, 6) is 3.83. The summed E-state index contributed by atoms with van der Waals surface area (Å²) < 4.78 is 7.52. The topological polar surface area (TPSA) is 66.8 Å². The van der Waals surface area contributed by atoms with Crippen molar-refractivity contribution in [1.82, 2.24) is 19.5 Å². The van der Waals surface area contributed by atoms with Crippen molar-refractivity contribution >= 4 is 16.3 Å². The van der Waals surface area contributed by atoms with E-state index in [1.807, 2.05) is 26.0 Å². The predicted octanol–water partition coefficient (Wildman–Crippen LogP) is 3.77. The van der Waals surface area contributed by atoms with Gasteiger partial charge in [0.25, 0.3) is 0 Å². The SMILES string of the molecule is Cc1nc2sc([C@@H](c3ccc(C)o3)N3C[C@@H](C)C[C@H](C)C3)c(O)n2n1. The van der Waals surface area contributed by atoms with Gasteiger partial charge in [0, 0.05) is 13.1 Å². The van der Waals surface area contributed by atoms with E-state index in [9.17, 15) is 5.11 Å². The first-order valence-corrected chi connectivity index (χ1v) is 9.59. The van der Waals surface area contributed by atoms with Crippen LogP contribution in [0.5, 0.6) is 5.88 Å². The molecule has 1 aliphatic rings. The van der Waals surface area contributed by atoms with E-state index in [1.165, 1.54) is 22.3 Å². The lowest BCUT2D eigenvalue weighted by Crippen LogP contribution is -2.41. The molecule has 3 aromatic rings. The summed E-state index contributed by atoms with van der Waals surface area (Å²) in [5.41, 5.74) is 0. The lowest BCUT2D eigenvalue weighted by Gasteiger charge is -2.38. The third kappa shape index (κ3) is 2.95. The molecule has 1 aliphatic heterocycles. The summed E-state index contributed by atoms with van der Waals surface area (Å²) >= 11 is 1.49. The predicted molar refractivity (Wildman–Crippen MR) is 97.1 cm³/mol. The molecular formula is C18H24N4O2S. The van der Waals surface area contributed by atoms with Gasteiger partial charge in [-0.15, -0.1) is 5.10 Å². The monoisotopic (exact) mass is 360 g/mol. The van der Waals surface area contributed by atoms with E-state index in [0.29, 0.717) is 17.7 Å². The molecule has 1 fully saturated rings. The second kappa shape index (κ2) is 6.14. The van der Waals surface area contributed by atoms with Gasteiger partial charge in [-0.05, 0) is 44.2 Å². The molecule has 3 aromatic heterocycles. The molecule has 0 bridgehead atoms. The van der Waals surface area contributed by atoms with Gasteiger partial charge in [0.05, 0.1) is 4.88 Å². The quantitative estimate of drug-likeness (QED) is 0.770. The maximum absolute atomic E-state index is 10.8. The van der Waals surface area contributed by atoms with Crippen LogP contribution in [0.3, 0.4) is 0 Å². The second-order valence-electron chi connectivity index (χ2n) is 7.39. The second-order valence-corrected chi connectivity index (χ2v) is 8.40. The minimum Gasteiger partial charge on any atom is -0.492 e. The third-order valence-corrected chi connectivity index (χ3v) is 5.92. The Labute approximate surface area is 151 Å². The van der Waals surface area contributed by atoms with Crippen LogP contribution in [0.25, 0.3) is 4.96 Å². The summed E-state index contributed by atoms with van der Waals surface area (Å²) in [6.07, 6.45) is 1.24. The fraction of sp³-hybridized carbons (Fsp3) is 0.556. The number of aromatic hydroxyl groups is 1. The van der Waals surface area contributed by atoms with Crippen LogP contribution < -0.4 is 0 Å². The minimum absolute atomic E-state index is 0.104. The van der Waals surface area contributed by atoms with Crippen molar-refractivity contribution < 1.29 is 9.52 Å². The van der Waals surface area contributed by atoms with Crippen LogP contribution in [0.4, 0.5) is 0 Å². The van der Waals surface area contributed by atoms with E-state index in [-0.39, 0.29) is 11.9 Å². The van der Waals surface area contributed by atoms with Gasteiger partial charge in [-0.3, -0.25) is 4.90 Å². The molecule has 0 radical (unpaired) electrons. The van der Waals surface area contributed by atoms with Crippen LogP contribution in [0.15, 0.2) is 16.5 Å². The number of likely N-dealkylation sites (tertiary alicyclic amines) is 1. The third-order valence-electron chi connectivity index (χ3n) is 4.85. The summed E-state index contributed by atoms with van der Waals surface area (Å²) in [4.78, 5) is 8.41. The molecule has 7 heteroatoms. The number of rotatable bonds is 3. The molecule has 6 nitrogen and oxygen atoms in total. The van der Waals surface area contributed by atoms with Crippen LogP contribution in [0.1, 0.15) is 48.5 Å². The van der Waals surface area contributed by atoms with Gasteiger partial charge in [-0.25, -0.2) is 4.98 Å². The Balaban J connectivity index is 1.81. The molecule has 0 unspecified atom stereocenters. The fourth-order valence-electron chi connectivity index (χ4n) is 4.02. The first-order chi connectivity index (χ1) is 11.9. The number of hydrogen-bond acceptors (Lipinski definition) is 6. The molecule has 0 saturated carbocycles. The molecule has 1 N–H and O–H groups in total. The summed E-state index contributed by atoms with van der Waals surface area (Å²) in [7, 11) is 0. The number of thiazole rings is 1. The summed E-state index contributed by atoms with van der Waals surface area (Å²) in [6.45, 7) is 10.3. The minimum atomic E-state index is -0.104. The average molecular weight is 360 g/mol. The highest BCUT2D eigenvalue weighted by molar-refractivity contribution is 7.17. The Morgan fingerprint density at radius 1 is 1.24 bits per heavy atom. The number of piperidine rings is 1. The lowest BCUT2D eigenvalue weighted by molar-refractivity contribution is 0.101. The van der Waals surface area contributed by atoms with Gasteiger partial charge in [0.1, 0.15) is 23.4 Å². The Bertz CT molecular complexity index is 886. The molecule has 1 saturated heterocycles. The van der Waals surface area contributed by atoms with Gasteiger partial charge < -0.3 is 9.52 Å². The molecular weight excluding hydrogens is 336 g/mol. The van der Waals surface area contributed by atoms with Crippen molar-refractivity contribution in [3.05, 3.63) is 34.4 Å². The zero-order valence-electron chi connectivity index (χ0n) is 15.1. The van der Waals surface area contributed by atoms with Crippen LogP contribution in [0, 0.1) is 25.7 Å². The molecule has 4 heterocycles.